The van der Waals surface area contributed by atoms with Gasteiger partial charge in [-0.15, -0.1) is 0 Å². The Morgan fingerprint density at radius 1 is 0.682 bits per heavy atom. The number of rotatable bonds is 28. The van der Waals surface area contributed by atoms with Gasteiger partial charge >= 0.3 is 5.97 Å². The number of carbonyl (C=O) groups excluding carboxylic acids is 1. The number of hydrogen-bond donors (Lipinski definition) is 2. The Labute approximate surface area is 273 Å². The third-order valence-electron chi connectivity index (χ3n) is 9.76. The van der Waals surface area contributed by atoms with Crippen LogP contribution in [0.25, 0.3) is 0 Å². The van der Waals surface area contributed by atoms with E-state index in [-0.39, 0.29) is 17.7 Å². The predicted octanol–water partition coefficient (Wildman–Crippen LogP) is 9.29. The highest BCUT2D eigenvalue weighted by molar-refractivity contribution is 5.69. The second kappa shape index (κ2) is 23.6. The zero-order valence-corrected chi connectivity index (χ0v) is 30.5. The van der Waals surface area contributed by atoms with Crippen LogP contribution in [0.3, 0.4) is 0 Å². The average Bonchev–Trinajstić information content (AvgIpc) is 3.73. The fourth-order valence-electron chi connectivity index (χ4n) is 6.53. The fraction of sp³-hybridized carbons (Fsp3) is 0.974. The number of aliphatic hydroxyl groups is 2. The second-order valence-corrected chi connectivity index (χ2v) is 15.8. The summed E-state index contributed by atoms with van der Waals surface area (Å²) >= 11 is 0. The smallest absolute Gasteiger partial charge is 0.306 e. The van der Waals surface area contributed by atoms with Crippen LogP contribution in [0.4, 0.5) is 0 Å². The monoisotopic (exact) mass is 626 g/mol. The second-order valence-electron chi connectivity index (χ2n) is 15.8. The average molecular weight is 626 g/mol. The van der Waals surface area contributed by atoms with Gasteiger partial charge in [0, 0.05) is 26.1 Å². The first-order chi connectivity index (χ1) is 20.8. The van der Waals surface area contributed by atoms with E-state index in [9.17, 15) is 15.0 Å². The minimum Gasteiger partial charge on any atom is -0.460 e. The van der Waals surface area contributed by atoms with Crippen molar-refractivity contribution in [1.82, 2.24) is 4.90 Å². The minimum atomic E-state index is -0.599. The Kier molecular flexibility index (Phi) is 22.2. The summed E-state index contributed by atoms with van der Waals surface area (Å²) in [5.74, 6) is 2.92. The van der Waals surface area contributed by atoms with Crippen molar-refractivity contribution in [3.8, 4) is 0 Å². The lowest BCUT2D eigenvalue weighted by Gasteiger charge is -2.19. The van der Waals surface area contributed by atoms with Gasteiger partial charge in [0.15, 0.2) is 6.29 Å². The summed E-state index contributed by atoms with van der Waals surface area (Å²) in [7, 11) is 1.57. The SMILES string of the molecule is COC(O)CCC(C)CCCC(C)CCCCC(C)CCCC(C)CCC(O)C1CN1CCCCCCC(=O)OC(C)(C)C. The van der Waals surface area contributed by atoms with Crippen molar-refractivity contribution in [2.24, 2.45) is 23.7 Å². The number of aliphatic hydroxyl groups excluding tert-OH is 2. The molecule has 1 rings (SSSR count). The highest BCUT2D eigenvalue weighted by atomic mass is 16.6. The Balaban J connectivity index is 1.96. The van der Waals surface area contributed by atoms with E-state index < -0.39 is 6.29 Å². The first kappa shape index (κ1) is 41.3. The molecule has 2 N–H and O–H groups in total. The van der Waals surface area contributed by atoms with Crippen molar-refractivity contribution in [3.63, 3.8) is 0 Å². The standard InChI is InChI=1S/C38H75NO5/c1-30(17-12-13-18-31(2)20-16-22-33(4)25-27-36(41)43-8)19-15-21-32(3)24-26-35(40)34-29-39(34)28-14-10-9-11-23-37(42)44-38(5,6)7/h30-36,40-41H,9-29H2,1-8H3. The first-order valence-electron chi connectivity index (χ1n) is 18.7. The maximum atomic E-state index is 11.8. The molecule has 262 valence electrons. The number of unbranched alkanes of at least 4 members (excludes halogenated alkanes) is 4. The topological polar surface area (TPSA) is 79.0 Å². The lowest BCUT2D eigenvalue weighted by Crippen LogP contribution is -2.23. The van der Waals surface area contributed by atoms with Crippen LogP contribution in [-0.4, -0.2) is 65.3 Å². The summed E-state index contributed by atoms with van der Waals surface area (Å²) in [5, 5.41) is 20.2. The summed E-state index contributed by atoms with van der Waals surface area (Å²) < 4.78 is 10.3. The summed E-state index contributed by atoms with van der Waals surface area (Å²) in [4.78, 5) is 14.2. The lowest BCUT2D eigenvalue weighted by atomic mass is 9.90. The molecular formula is C38H75NO5. The highest BCUT2D eigenvalue weighted by Gasteiger charge is 2.38. The highest BCUT2D eigenvalue weighted by Crippen LogP contribution is 2.27. The van der Waals surface area contributed by atoms with Crippen molar-refractivity contribution in [3.05, 3.63) is 0 Å². The van der Waals surface area contributed by atoms with Gasteiger partial charge in [-0.3, -0.25) is 9.69 Å². The summed E-state index contributed by atoms with van der Waals surface area (Å²) in [6, 6.07) is 0.372. The van der Waals surface area contributed by atoms with Crippen LogP contribution in [0.1, 0.15) is 170 Å². The molecular weight excluding hydrogens is 550 g/mol. The van der Waals surface area contributed by atoms with Gasteiger partial charge in [0.2, 0.25) is 0 Å². The van der Waals surface area contributed by atoms with Crippen LogP contribution in [0.5, 0.6) is 0 Å². The number of methoxy groups -OCH3 is 1. The lowest BCUT2D eigenvalue weighted by molar-refractivity contribution is -0.154. The van der Waals surface area contributed by atoms with E-state index in [0.29, 0.717) is 24.3 Å². The van der Waals surface area contributed by atoms with Gasteiger partial charge in [0.1, 0.15) is 5.60 Å². The van der Waals surface area contributed by atoms with E-state index in [1.54, 1.807) is 7.11 Å². The van der Waals surface area contributed by atoms with Crippen molar-refractivity contribution in [2.45, 2.75) is 194 Å². The quantitative estimate of drug-likeness (QED) is 0.0390. The molecule has 0 saturated carbocycles. The molecule has 0 radical (unpaired) electrons. The molecule has 8 unspecified atom stereocenters. The summed E-state index contributed by atoms with van der Waals surface area (Å²) in [6.07, 6.45) is 21.1. The molecule has 0 aliphatic carbocycles. The summed E-state index contributed by atoms with van der Waals surface area (Å²) in [6.45, 7) is 17.4. The molecule has 6 nitrogen and oxygen atoms in total. The van der Waals surface area contributed by atoms with Crippen LogP contribution < -0.4 is 0 Å². The molecule has 0 aromatic heterocycles. The third kappa shape index (κ3) is 22.8. The largest absolute Gasteiger partial charge is 0.460 e. The van der Waals surface area contributed by atoms with E-state index in [0.717, 1.165) is 76.3 Å². The van der Waals surface area contributed by atoms with Crippen LogP contribution in [0.2, 0.25) is 0 Å². The number of esters is 1. The van der Waals surface area contributed by atoms with Crippen LogP contribution >= 0.6 is 0 Å². The number of ether oxygens (including phenoxy) is 2. The zero-order valence-electron chi connectivity index (χ0n) is 30.5. The van der Waals surface area contributed by atoms with Gasteiger partial charge in [0.25, 0.3) is 0 Å². The van der Waals surface area contributed by atoms with Gasteiger partial charge in [0.05, 0.1) is 6.10 Å². The van der Waals surface area contributed by atoms with Crippen molar-refractivity contribution < 1.29 is 24.5 Å². The predicted molar refractivity (Wildman–Crippen MR) is 185 cm³/mol. The normalized spacial score (nSPS) is 21.0. The van der Waals surface area contributed by atoms with E-state index in [2.05, 4.69) is 32.6 Å². The molecule has 1 aliphatic heterocycles. The number of hydrogen-bond acceptors (Lipinski definition) is 6. The maximum absolute atomic E-state index is 11.8. The first-order valence-corrected chi connectivity index (χ1v) is 18.7. The molecule has 44 heavy (non-hydrogen) atoms. The Bertz CT molecular complexity index is 710. The van der Waals surface area contributed by atoms with Gasteiger partial charge in [-0.2, -0.15) is 0 Å². The molecule has 1 aliphatic rings. The Hall–Kier alpha value is -0.690. The van der Waals surface area contributed by atoms with Crippen LogP contribution in [0, 0.1) is 23.7 Å². The molecule has 0 spiro atoms. The molecule has 6 heteroatoms. The summed E-state index contributed by atoms with van der Waals surface area (Å²) in [5.41, 5.74) is -0.389. The molecule has 0 aromatic rings. The fourth-order valence-corrected chi connectivity index (χ4v) is 6.53. The van der Waals surface area contributed by atoms with E-state index >= 15 is 0 Å². The number of carbonyl (C=O) groups is 1. The third-order valence-corrected chi connectivity index (χ3v) is 9.76. The molecule has 8 atom stereocenters. The Morgan fingerprint density at radius 2 is 1.16 bits per heavy atom. The van der Waals surface area contributed by atoms with Crippen LogP contribution in [-0.2, 0) is 14.3 Å². The number of nitrogens with zero attached hydrogens (tertiary/aromatic N) is 1. The molecule has 1 heterocycles. The minimum absolute atomic E-state index is 0.0859. The van der Waals surface area contributed by atoms with Gasteiger partial charge < -0.3 is 19.7 Å². The van der Waals surface area contributed by atoms with Crippen molar-refractivity contribution in [2.75, 3.05) is 20.2 Å². The van der Waals surface area contributed by atoms with Gasteiger partial charge in [-0.25, -0.2) is 0 Å². The van der Waals surface area contributed by atoms with Crippen molar-refractivity contribution in [1.29, 1.82) is 0 Å². The molecule has 0 amide bonds. The molecule has 1 saturated heterocycles. The maximum Gasteiger partial charge on any atom is 0.306 e. The zero-order chi connectivity index (χ0) is 33.0. The molecule has 1 fully saturated rings. The van der Waals surface area contributed by atoms with Gasteiger partial charge in [-0.1, -0.05) is 105 Å². The molecule has 0 bridgehead atoms. The van der Waals surface area contributed by atoms with Gasteiger partial charge in [-0.05, 0) is 89.5 Å². The van der Waals surface area contributed by atoms with Crippen LogP contribution in [0.15, 0.2) is 0 Å². The van der Waals surface area contributed by atoms with Crippen molar-refractivity contribution >= 4 is 5.97 Å². The Morgan fingerprint density at radius 3 is 1.68 bits per heavy atom. The van der Waals surface area contributed by atoms with E-state index in [4.69, 9.17) is 9.47 Å². The van der Waals surface area contributed by atoms with E-state index in [1.807, 2.05) is 20.8 Å². The molecule has 0 aromatic carbocycles. The van der Waals surface area contributed by atoms with E-state index in [1.165, 1.54) is 64.2 Å².